The molecule has 1 fully saturated rings. The van der Waals surface area contributed by atoms with Gasteiger partial charge in [-0.15, -0.1) is 0 Å². The topological polar surface area (TPSA) is 87.7 Å². The van der Waals surface area contributed by atoms with Crippen LogP contribution in [0.25, 0.3) is 0 Å². The van der Waals surface area contributed by atoms with E-state index in [9.17, 15) is 14.4 Å². The highest BCUT2D eigenvalue weighted by Crippen LogP contribution is 2.33. The minimum atomic E-state index is -1.16. The Labute approximate surface area is 166 Å². The highest BCUT2D eigenvalue weighted by Gasteiger charge is 2.51. The van der Waals surface area contributed by atoms with Gasteiger partial charge >= 0.3 is 6.03 Å². The zero-order chi connectivity index (χ0) is 20.9. The number of rotatable bonds is 9. The molecular weight excluding hydrogens is 358 g/mol. The van der Waals surface area contributed by atoms with Crippen molar-refractivity contribution in [2.45, 2.75) is 58.5 Å². The van der Waals surface area contributed by atoms with E-state index in [1.165, 1.54) is 0 Å². The number of nitrogens with one attached hydrogen (secondary N) is 2. The molecule has 1 saturated heterocycles. The molecular formula is C21H31N3O4. The number of carbonyl (C=O) groups is 3. The summed E-state index contributed by atoms with van der Waals surface area (Å²) in [5.74, 6) is 0.481. The molecule has 1 heterocycles. The van der Waals surface area contributed by atoms with E-state index in [0.29, 0.717) is 23.7 Å². The second-order valence-corrected chi connectivity index (χ2v) is 7.75. The molecule has 2 atom stereocenters. The second-order valence-electron chi connectivity index (χ2n) is 7.75. The maximum Gasteiger partial charge on any atom is 0.325 e. The number of urea groups is 1. The zero-order valence-electron chi connectivity index (χ0n) is 17.4. The minimum Gasteiger partial charge on any atom is -0.497 e. The zero-order valence-corrected chi connectivity index (χ0v) is 17.4. The number of carbonyl (C=O) groups excluding carboxylic acids is 3. The number of methoxy groups -OCH3 is 1. The summed E-state index contributed by atoms with van der Waals surface area (Å²) in [6.07, 6.45) is 2.24. The SMILES string of the molecule is CC[C@]1(c2ccc(OC)cc2)NC(=O)N(CC(=O)N[C@@H](C)CCC(C)C)C1=O. The van der Waals surface area contributed by atoms with Gasteiger partial charge in [-0.1, -0.05) is 32.9 Å². The Bertz CT molecular complexity index is 717. The van der Waals surface area contributed by atoms with Crippen molar-refractivity contribution in [2.24, 2.45) is 5.92 Å². The second kappa shape index (κ2) is 9.08. The van der Waals surface area contributed by atoms with Gasteiger partial charge in [0.15, 0.2) is 0 Å². The molecule has 1 aliphatic heterocycles. The number of hydrogen-bond donors (Lipinski definition) is 2. The summed E-state index contributed by atoms with van der Waals surface area (Å²) in [6, 6.07) is 6.47. The average molecular weight is 389 g/mol. The molecule has 0 radical (unpaired) electrons. The molecule has 154 valence electrons. The molecule has 0 aromatic heterocycles. The van der Waals surface area contributed by atoms with Gasteiger partial charge in [-0.05, 0) is 49.8 Å². The number of benzene rings is 1. The molecule has 1 aliphatic rings. The average Bonchev–Trinajstić information content (AvgIpc) is 2.91. The van der Waals surface area contributed by atoms with Crippen molar-refractivity contribution >= 4 is 17.8 Å². The first-order chi connectivity index (χ1) is 13.2. The van der Waals surface area contributed by atoms with Crippen LogP contribution >= 0.6 is 0 Å². The van der Waals surface area contributed by atoms with Crippen LogP contribution in [0.2, 0.25) is 0 Å². The van der Waals surface area contributed by atoms with Crippen LogP contribution in [0.15, 0.2) is 24.3 Å². The van der Waals surface area contributed by atoms with E-state index in [0.717, 1.165) is 17.7 Å². The fourth-order valence-electron chi connectivity index (χ4n) is 3.40. The quantitative estimate of drug-likeness (QED) is 0.636. The molecule has 7 nitrogen and oxygen atoms in total. The summed E-state index contributed by atoms with van der Waals surface area (Å²) in [5.41, 5.74) is -0.491. The summed E-state index contributed by atoms with van der Waals surface area (Å²) < 4.78 is 5.16. The van der Waals surface area contributed by atoms with Crippen LogP contribution in [0.5, 0.6) is 5.75 Å². The highest BCUT2D eigenvalue weighted by molar-refractivity contribution is 6.09. The smallest absolute Gasteiger partial charge is 0.325 e. The molecule has 2 N–H and O–H groups in total. The predicted octanol–water partition coefficient (Wildman–Crippen LogP) is 2.79. The molecule has 2 rings (SSSR count). The Balaban J connectivity index is 2.09. The van der Waals surface area contributed by atoms with Crippen molar-refractivity contribution < 1.29 is 19.1 Å². The maximum absolute atomic E-state index is 13.1. The normalized spacial score (nSPS) is 20.3. The van der Waals surface area contributed by atoms with Crippen LogP contribution in [0.4, 0.5) is 4.79 Å². The Kier molecular flexibility index (Phi) is 7.05. The van der Waals surface area contributed by atoms with E-state index in [2.05, 4.69) is 24.5 Å². The molecule has 0 bridgehead atoms. The van der Waals surface area contributed by atoms with E-state index in [1.54, 1.807) is 31.4 Å². The summed E-state index contributed by atoms with van der Waals surface area (Å²) in [6.45, 7) is 7.74. The lowest BCUT2D eigenvalue weighted by Gasteiger charge is -2.26. The van der Waals surface area contributed by atoms with Crippen LogP contribution in [-0.4, -0.2) is 42.4 Å². The lowest BCUT2D eigenvalue weighted by Crippen LogP contribution is -2.45. The summed E-state index contributed by atoms with van der Waals surface area (Å²) in [5, 5.41) is 5.66. The predicted molar refractivity (Wildman–Crippen MR) is 107 cm³/mol. The molecule has 0 unspecified atom stereocenters. The van der Waals surface area contributed by atoms with Crippen molar-refractivity contribution in [2.75, 3.05) is 13.7 Å². The standard InChI is InChI=1S/C21H31N3O4/c1-6-21(16-9-11-17(28-5)12-10-16)19(26)24(20(27)23-21)13-18(25)22-15(4)8-7-14(2)3/h9-12,14-15H,6-8,13H2,1-5H3,(H,22,25)(H,23,27)/t15-,21+/m0/s1. The van der Waals surface area contributed by atoms with Crippen LogP contribution in [0, 0.1) is 5.92 Å². The monoisotopic (exact) mass is 389 g/mol. The van der Waals surface area contributed by atoms with Gasteiger partial charge in [0.2, 0.25) is 5.91 Å². The van der Waals surface area contributed by atoms with Crippen molar-refractivity contribution in [1.29, 1.82) is 0 Å². The van der Waals surface area contributed by atoms with E-state index < -0.39 is 17.5 Å². The van der Waals surface area contributed by atoms with E-state index in [1.807, 2.05) is 13.8 Å². The molecule has 28 heavy (non-hydrogen) atoms. The Morgan fingerprint density at radius 2 is 1.82 bits per heavy atom. The number of hydrogen-bond acceptors (Lipinski definition) is 4. The molecule has 4 amide bonds. The van der Waals surface area contributed by atoms with Crippen molar-refractivity contribution in [3.05, 3.63) is 29.8 Å². The molecule has 1 aromatic rings. The van der Waals surface area contributed by atoms with Crippen LogP contribution in [0.3, 0.4) is 0 Å². The molecule has 0 aliphatic carbocycles. The largest absolute Gasteiger partial charge is 0.497 e. The van der Waals surface area contributed by atoms with E-state index >= 15 is 0 Å². The van der Waals surface area contributed by atoms with Gasteiger partial charge in [-0.2, -0.15) is 0 Å². The lowest BCUT2D eigenvalue weighted by molar-refractivity contribution is -0.135. The Morgan fingerprint density at radius 1 is 1.18 bits per heavy atom. The highest BCUT2D eigenvalue weighted by atomic mass is 16.5. The molecule has 0 saturated carbocycles. The first-order valence-corrected chi connectivity index (χ1v) is 9.81. The van der Waals surface area contributed by atoms with Gasteiger partial charge in [-0.3, -0.25) is 14.5 Å². The Morgan fingerprint density at radius 3 is 2.36 bits per heavy atom. The molecule has 1 aromatic carbocycles. The Hall–Kier alpha value is -2.57. The van der Waals surface area contributed by atoms with Gasteiger partial charge in [0.05, 0.1) is 7.11 Å². The summed E-state index contributed by atoms with van der Waals surface area (Å²) >= 11 is 0. The van der Waals surface area contributed by atoms with Crippen LogP contribution < -0.4 is 15.4 Å². The maximum atomic E-state index is 13.1. The number of nitrogens with zero attached hydrogens (tertiary/aromatic N) is 1. The van der Waals surface area contributed by atoms with Gasteiger partial charge in [0.1, 0.15) is 17.8 Å². The van der Waals surface area contributed by atoms with Crippen LogP contribution in [-0.2, 0) is 15.1 Å². The van der Waals surface area contributed by atoms with Crippen molar-refractivity contribution in [1.82, 2.24) is 15.5 Å². The third-order valence-electron chi connectivity index (χ3n) is 5.18. The molecule has 7 heteroatoms. The molecule has 0 spiro atoms. The first-order valence-electron chi connectivity index (χ1n) is 9.81. The van der Waals surface area contributed by atoms with Gasteiger partial charge in [-0.25, -0.2) is 4.79 Å². The number of amides is 4. The van der Waals surface area contributed by atoms with Gasteiger partial charge in [0, 0.05) is 6.04 Å². The summed E-state index contributed by atoms with van der Waals surface area (Å²) in [4.78, 5) is 38.9. The summed E-state index contributed by atoms with van der Waals surface area (Å²) in [7, 11) is 1.57. The van der Waals surface area contributed by atoms with Crippen molar-refractivity contribution in [3.8, 4) is 5.75 Å². The first kappa shape index (κ1) is 21.7. The van der Waals surface area contributed by atoms with Crippen molar-refractivity contribution in [3.63, 3.8) is 0 Å². The third kappa shape index (κ3) is 4.64. The van der Waals surface area contributed by atoms with E-state index in [4.69, 9.17) is 4.74 Å². The van der Waals surface area contributed by atoms with Gasteiger partial charge in [0.25, 0.3) is 5.91 Å². The third-order valence-corrected chi connectivity index (χ3v) is 5.18. The fourth-order valence-corrected chi connectivity index (χ4v) is 3.40. The van der Waals surface area contributed by atoms with Crippen LogP contribution in [0.1, 0.15) is 52.5 Å². The fraction of sp³-hybridized carbons (Fsp3) is 0.571. The minimum absolute atomic E-state index is 0.00631. The number of ether oxygens (including phenoxy) is 1. The van der Waals surface area contributed by atoms with Gasteiger partial charge < -0.3 is 15.4 Å². The number of imide groups is 1. The van der Waals surface area contributed by atoms with E-state index in [-0.39, 0.29) is 18.5 Å². The lowest BCUT2D eigenvalue weighted by atomic mass is 9.87.